The third-order valence-electron chi connectivity index (χ3n) is 4.87. The van der Waals surface area contributed by atoms with Crippen molar-refractivity contribution in [3.05, 3.63) is 51.6 Å². The molecule has 7 heteroatoms. The predicted molar refractivity (Wildman–Crippen MR) is 103 cm³/mol. The van der Waals surface area contributed by atoms with Crippen molar-refractivity contribution in [3.8, 4) is 6.07 Å². The van der Waals surface area contributed by atoms with Gasteiger partial charge in [0.1, 0.15) is 17.4 Å². The summed E-state index contributed by atoms with van der Waals surface area (Å²) in [5, 5.41) is 10.1. The van der Waals surface area contributed by atoms with Crippen LogP contribution in [0.15, 0.2) is 41.0 Å². The fourth-order valence-electron chi connectivity index (χ4n) is 3.59. The molecule has 1 fully saturated rings. The van der Waals surface area contributed by atoms with Crippen molar-refractivity contribution in [2.75, 3.05) is 24.6 Å². The average molecular weight is 388 g/mol. The number of esters is 1. The molecule has 27 heavy (non-hydrogen) atoms. The van der Waals surface area contributed by atoms with Gasteiger partial charge < -0.3 is 20.1 Å². The van der Waals surface area contributed by atoms with E-state index in [0.29, 0.717) is 16.3 Å². The number of nitrogens with two attached hydrogens (primary N) is 1. The minimum atomic E-state index is -0.720. The second kappa shape index (κ2) is 7.93. The maximum absolute atomic E-state index is 12.6. The zero-order valence-corrected chi connectivity index (χ0v) is 16.2. The lowest BCUT2D eigenvalue weighted by atomic mass is 9.83. The van der Waals surface area contributed by atoms with Crippen molar-refractivity contribution >= 4 is 23.3 Å². The normalized spacial score (nSPS) is 19.8. The Hall–Kier alpha value is -2.65. The van der Waals surface area contributed by atoms with Gasteiger partial charge in [0, 0.05) is 23.8 Å². The first-order valence-electron chi connectivity index (χ1n) is 8.97. The Morgan fingerprint density at radius 3 is 2.74 bits per heavy atom. The molecule has 0 radical (unpaired) electrons. The van der Waals surface area contributed by atoms with Crippen LogP contribution in [-0.2, 0) is 14.3 Å². The number of nitriles is 1. The second-order valence-corrected chi connectivity index (χ2v) is 6.92. The van der Waals surface area contributed by atoms with E-state index in [4.69, 9.17) is 26.8 Å². The van der Waals surface area contributed by atoms with Crippen LogP contribution in [0, 0.1) is 11.3 Å². The van der Waals surface area contributed by atoms with Crippen LogP contribution in [0.3, 0.4) is 0 Å². The lowest BCUT2D eigenvalue weighted by molar-refractivity contribution is -0.139. The van der Waals surface area contributed by atoms with Crippen molar-refractivity contribution < 1.29 is 14.3 Å². The minimum absolute atomic E-state index is 0.0206. The molecule has 2 heterocycles. The van der Waals surface area contributed by atoms with E-state index in [0.717, 1.165) is 31.6 Å². The summed E-state index contributed by atoms with van der Waals surface area (Å²) in [7, 11) is 0. The average Bonchev–Trinajstić information content (AvgIpc) is 3.16. The zero-order chi connectivity index (χ0) is 19.6. The van der Waals surface area contributed by atoms with Crippen LogP contribution in [0.5, 0.6) is 0 Å². The number of anilines is 1. The molecule has 0 amide bonds. The van der Waals surface area contributed by atoms with E-state index in [9.17, 15) is 10.1 Å². The van der Waals surface area contributed by atoms with Crippen LogP contribution in [0.4, 0.5) is 5.69 Å². The van der Waals surface area contributed by atoms with Gasteiger partial charge in [0.05, 0.1) is 18.1 Å². The molecule has 1 atom stereocenters. The molecule has 1 aromatic carbocycles. The highest BCUT2D eigenvalue weighted by Gasteiger charge is 2.37. The Labute approximate surface area is 163 Å². The van der Waals surface area contributed by atoms with E-state index < -0.39 is 11.9 Å². The molecule has 0 saturated carbocycles. The molecule has 2 aliphatic rings. The standard InChI is InChI=1S/C20H22ClN3O3/c1-3-26-20(25)17-12(2)27-19(23)15(11-22)18(17)14-7-6-13(10-16(14)21)24-8-4-5-9-24/h6-7,10,18H,3-5,8-9,23H2,1-2H3. The summed E-state index contributed by atoms with van der Waals surface area (Å²) in [4.78, 5) is 14.8. The van der Waals surface area contributed by atoms with Crippen LogP contribution in [0.25, 0.3) is 0 Å². The number of benzene rings is 1. The number of carbonyl (C=O) groups is 1. The van der Waals surface area contributed by atoms with Gasteiger partial charge in [0.2, 0.25) is 5.88 Å². The second-order valence-electron chi connectivity index (χ2n) is 6.52. The maximum Gasteiger partial charge on any atom is 0.338 e. The number of rotatable bonds is 4. The Kier molecular flexibility index (Phi) is 5.62. The fraction of sp³-hybridized carbons (Fsp3) is 0.400. The molecular formula is C20H22ClN3O3. The lowest BCUT2D eigenvalue weighted by Crippen LogP contribution is -2.26. The molecule has 142 valence electrons. The van der Waals surface area contributed by atoms with E-state index in [-0.39, 0.29) is 23.6 Å². The first kappa shape index (κ1) is 19.1. The first-order valence-corrected chi connectivity index (χ1v) is 9.35. The van der Waals surface area contributed by atoms with Crippen LogP contribution in [0.1, 0.15) is 38.2 Å². The highest BCUT2D eigenvalue weighted by Crippen LogP contribution is 2.43. The molecule has 6 nitrogen and oxygen atoms in total. The summed E-state index contributed by atoms with van der Waals surface area (Å²) >= 11 is 6.59. The van der Waals surface area contributed by atoms with Gasteiger partial charge in [-0.25, -0.2) is 4.79 Å². The molecule has 0 spiro atoms. The number of hydrogen-bond acceptors (Lipinski definition) is 6. The minimum Gasteiger partial charge on any atom is -0.463 e. The molecule has 1 aromatic rings. The number of nitrogens with zero attached hydrogens (tertiary/aromatic N) is 2. The lowest BCUT2D eigenvalue weighted by Gasteiger charge is -2.28. The van der Waals surface area contributed by atoms with Crippen LogP contribution < -0.4 is 10.6 Å². The number of hydrogen-bond donors (Lipinski definition) is 1. The molecule has 0 aromatic heterocycles. The van der Waals surface area contributed by atoms with Gasteiger partial charge in [0.15, 0.2) is 0 Å². The molecule has 0 bridgehead atoms. The zero-order valence-electron chi connectivity index (χ0n) is 15.4. The van der Waals surface area contributed by atoms with E-state index in [1.54, 1.807) is 13.8 Å². The Balaban J connectivity index is 2.08. The van der Waals surface area contributed by atoms with Gasteiger partial charge in [-0.05, 0) is 44.4 Å². The molecule has 2 N–H and O–H groups in total. The van der Waals surface area contributed by atoms with E-state index >= 15 is 0 Å². The third-order valence-corrected chi connectivity index (χ3v) is 5.19. The van der Waals surface area contributed by atoms with Gasteiger partial charge in [0.25, 0.3) is 0 Å². The number of carbonyl (C=O) groups excluding carboxylic acids is 1. The molecular weight excluding hydrogens is 366 g/mol. The monoisotopic (exact) mass is 387 g/mol. The number of ether oxygens (including phenoxy) is 2. The first-order chi connectivity index (χ1) is 13.0. The molecule has 3 rings (SSSR count). The highest BCUT2D eigenvalue weighted by atomic mass is 35.5. The van der Waals surface area contributed by atoms with E-state index in [2.05, 4.69) is 11.0 Å². The van der Waals surface area contributed by atoms with Gasteiger partial charge >= 0.3 is 5.97 Å². The summed E-state index contributed by atoms with van der Waals surface area (Å²) in [6.07, 6.45) is 2.32. The topological polar surface area (TPSA) is 88.6 Å². The van der Waals surface area contributed by atoms with Crippen molar-refractivity contribution in [1.29, 1.82) is 5.26 Å². The van der Waals surface area contributed by atoms with Gasteiger partial charge in [-0.3, -0.25) is 0 Å². The van der Waals surface area contributed by atoms with Gasteiger partial charge in [-0.2, -0.15) is 5.26 Å². The Morgan fingerprint density at radius 2 is 2.15 bits per heavy atom. The van der Waals surface area contributed by atoms with Gasteiger partial charge in [-0.15, -0.1) is 0 Å². The largest absolute Gasteiger partial charge is 0.463 e. The van der Waals surface area contributed by atoms with E-state index in [1.807, 2.05) is 18.2 Å². The third kappa shape index (κ3) is 3.60. The van der Waals surface area contributed by atoms with Crippen molar-refractivity contribution in [3.63, 3.8) is 0 Å². The van der Waals surface area contributed by atoms with Crippen molar-refractivity contribution in [2.24, 2.45) is 5.73 Å². The smallest absolute Gasteiger partial charge is 0.338 e. The van der Waals surface area contributed by atoms with Crippen LogP contribution >= 0.6 is 11.6 Å². The fourth-order valence-corrected chi connectivity index (χ4v) is 3.87. The number of allylic oxidation sites excluding steroid dienone is 2. The molecule has 1 unspecified atom stereocenters. The van der Waals surface area contributed by atoms with Crippen molar-refractivity contribution in [2.45, 2.75) is 32.6 Å². The van der Waals surface area contributed by atoms with Crippen LogP contribution in [-0.4, -0.2) is 25.7 Å². The predicted octanol–water partition coefficient (Wildman–Crippen LogP) is 3.58. The van der Waals surface area contributed by atoms with Crippen LogP contribution in [0.2, 0.25) is 5.02 Å². The number of halogens is 1. The maximum atomic E-state index is 12.6. The molecule has 2 aliphatic heterocycles. The molecule has 0 aliphatic carbocycles. The summed E-state index contributed by atoms with van der Waals surface area (Å²) in [6, 6.07) is 7.76. The Bertz CT molecular complexity index is 864. The highest BCUT2D eigenvalue weighted by molar-refractivity contribution is 6.31. The molecule has 1 saturated heterocycles. The summed E-state index contributed by atoms with van der Waals surface area (Å²) in [6.45, 7) is 5.56. The summed E-state index contributed by atoms with van der Waals surface area (Å²) in [5.74, 6) is -0.967. The summed E-state index contributed by atoms with van der Waals surface area (Å²) in [5.41, 5.74) is 7.98. The quantitative estimate of drug-likeness (QED) is 0.794. The Morgan fingerprint density at radius 1 is 1.44 bits per heavy atom. The van der Waals surface area contributed by atoms with Crippen molar-refractivity contribution in [1.82, 2.24) is 0 Å². The van der Waals surface area contributed by atoms with E-state index in [1.165, 1.54) is 0 Å². The SMILES string of the molecule is CCOC(=O)C1=C(C)OC(N)=C(C#N)C1c1ccc(N2CCCC2)cc1Cl. The summed E-state index contributed by atoms with van der Waals surface area (Å²) < 4.78 is 10.6. The van der Waals surface area contributed by atoms with Gasteiger partial charge in [-0.1, -0.05) is 17.7 Å².